The molecule has 2 heterocycles. The van der Waals surface area contributed by atoms with Crippen molar-refractivity contribution < 1.29 is 4.74 Å². The van der Waals surface area contributed by atoms with Crippen LogP contribution in [0.1, 0.15) is 18.9 Å². The summed E-state index contributed by atoms with van der Waals surface area (Å²) < 4.78 is 5.62. The molecule has 1 aromatic rings. The first-order valence-corrected chi connectivity index (χ1v) is 6.17. The summed E-state index contributed by atoms with van der Waals surface area (Å²) in [5.41, 5.74) is 1.23. The van der Waals surface area contributed by atoms with Crippen molar-refractivity contribution in [2.24, 2.45) is 0 Å². The van der Waals surface area contributed by atoms with Crippen LogP contribution < -0.4 is 10.2 Å². The Labute approximate surface area is 103 Å². The predicted octanol–water partition coefficient (Wildman–Crippen LogP) is 1.41. The Morgan fingerprint density at radius 1 is 1.59 bits per heavy atom. The molecule has 1 aromatic heterocycles. The van der Waals surface area contributed by atoms with Crippen LogP contribution in [0.3, 0.4) is 0 Å². The van der Waals surface area contributed by atoms with Crippen LogP contribution in [0.25, 0.3) is 0 Å². The van der Waals surface area contributed by atoms with Crippen molar-refractivity contribution >= 4 is 5.82 Å². The van der Waals surface area contributed by atoms with E-state index in [-0.39, 0.29) is 6.10 Å². The molecule has 0 aliphatic carbocycles. The van der Waals surface area contributed by atoms with Crippen molar-refractivity contribution in [1.82, 2.24) is 10.3 Å². The number of nitrogens with zero attached hydrogens (tertiary/aromatic N) is 2. The SMILES string of the molecule is CNCc1cccnc1N(C)C1CCOC1C. The van der Waals surface area contributed by atoms with E-state index >= 15 is 0 Å². The zero-order chi connectivity index (χ0) is 12.3. The van der Waals surface area contributed by atoms with E-state index < -0.39 is 0 Å². The van der Waals surface area contributed by atoms with Crippen LogP contribution >= 0.6 is 0 Å². The number of rotatable bonds is 4. The van der Waals surface area contributed by atoms with Gasteiger partial charge in [-0.1, -0.05) is 6.07 Å². The largest absolute Gasteiger partial charge is 0.376 e. The maximum absolute atomic E-state index is 5.62. The summed E-state index contributed by atoms with van der Waals surface area (Å²) in [5.74, 6) is 1.06. The van der Waals surface area contributed by atoms with E-state index in [1.165, 1.54) is 5.56 Å². The molecule has 0 saturated carbocycles. The summed E-state index contributed by atoms with van der Waals surface area (Å²) in [6, 6.07) is 4.54. The number of hydrogen-bond donors (Lipinski definition) is 1. The second-order valence-corrected chi connectivity index (χ2v) is 4.56. The molecule has 4 heteroatoms. The molecule has 2 atom stereocenters. The fraction of sp³-hybridized carbons (Fsp3) is 0.615. The smallest absolute Gasteiger partial charge is 0.133 e. The van der Waals surface area contributed by atoms with E-state index in [0.717, 1.165) is 25.4 Å². The predicted molar refractivity (Wildman–Crippen MR) is 69.2 cm³/mol. The van der Waals surface area contributed by atoms with Crippen molar-refractivity contribution in [2.45, 2.75) is 32.0 Å². The molecular weight excluding hydrogens is 214 g/mol. The van der Waals surface area contributed by atoms with Gasteiger partial charge in [0.25, 0.3) is 0 Å². The minimum absolute atomic E-state index is 0.282. The van der Waals surface area contributed by atoms with Gasteiger partial charge in [-0.15, -0.1) is 0 Å². The van der Waals surface area contributed by atoms with E-state index in [2.05, 4.69) is 35.2 Å². The van der Waals surface area contributed by atoms with Gasteiger partial charge in [-0.25, -0.2) is 4.98 Å². The van der Waals surface area contributed by atoms with Gasteiger partial charge in [0.2, 0.25) is 0 Å². The lowest BCUT2D eigenvalue weighted by molar-refractivity contribution is 0.118. The van der Waals surface area contributed by atoms with E-state index in [4.69, 9.17) is 4.74 Å². The maximum Gasteiger partial charge on any atom is 0.133 e. The number of hydrogen-bond acceptors (Lipinski definition) is 4. The van der Waals surface area contributed by atoms with Crippen LogP contribution in [0.15, 0.2) is 18.3 Å². The number of pyridine rings is 1. The molecule has 94 valence electrons. The molecule has 0 spiro atoms. The minimum Gasteiger partial charge on any atom is -0.376 e. The highest BCUT2D eigenvalue weighted by Gasteiger charge is 2.29. The first-order chi connectivity index (χ1) is 8.24. The van der Waals surface area contributed by atoms with E-state index in [0.29, 0.717) is 6.04 Å². The van der Waals surface area contributed by atoms with Crippen LogP contribution in [0.2, 0.25) is 0 Å². The minimum atomic E-state index is 0.282. The summed E-state index contributed by atoms with van der Waals surface area (Å²) in [6.07, 6.45) is 3.21. The molecule has 1 fully saturated rings. The van der Waals surface area contributed by atoms with Gasteiger partial charge in [0, 0.05) is 32.0 Å². The topological polar surface area (TPSA) is 37.4 Å². The average Bonchev–Trinajstić information content (AvgIpc) is 2.76. The molecule has 1 aliphatic heterocycles. The Morgan fingerprint density at radius 2 is 2.41 bits per heavy atom. The number of aromatic nitrogens is 1. The van der Waals surface area contributed by atoms with Crippen molar-refractivity contribution in [2.75, 3.05) is 25.6 Å². The van der Waals surface area contributed by atoms with Gasteiger partial charge in [0.05, 0.1) is 12.1 Å². The van der Waals surface area contributed by atoms with Gasteiger partial charge < -0.3 is 15.0 Å². The molecule has 2 rings (SSSR count). The molecule has 1 saturated heterocycles. The maximum atomic E-state index is 5.62. The average molecular weight is 235 g/mol. The summed E-state index contributed by atoms with van der Waals surface area (Å²) in [4.78, 5) is 6.76. The summed E-state index contributed by atoms with van der Waals surface area (Å²) in [6.45, 7) is 3.83. The normalized spacial score (nSPS) is 23.9. The molecule has 17 heavy (non-hydrogen) atoms. The van der Waals surface area contributed by atoms with Crippen LogP contribution in [0, 0.1) is 0 Å². The fourth-order valence-electron chi connectivity index (χ4n) is 2.46. The van der Waals surface area contributed by atoms with Crippen LogP contribution in [0.5, 0.6) is 0 Å². The Morgan fingerprint density at radius 3 is 3.06 bits per heavy atom. The first kappa shape index (κ1) is 12.3. The molecule has 2 unspecified atom stereocenters. The zero-order valence-corrected chi connectivity index (χ0v) is 10.8. The highest BCUT2D eigenvalue weighted by molar-refractivity contribution is 5.47. The standard InChI is InChI=1S/C13H21N3O/c1-10-12(6-8-17-10)16(3)13-11(9-14-2)5-4-7-15-13/h4-5,7,10,12,14H,6,8-9H2,1-3H3. The third kappa shape index (κ3) is 2.58. The Bertz CT molecular complexity index is 369. The van der Waals surface area contributed by atoms with Gasteiger partial charge in [-0.05, 0) is 26.5 Å². The van der Waals surface area contributed by atoms with E-state index in [9.17, 15) is 0 Å². The first-order valence-electron chi connectivity index (χ1n) is 6.17. The van der Waals surface area contributed by atoms with Crippen molar-refractivity contribution in [3.8, 4) is 0 Å². The highest BCUT2D eigenvalue weighted by atomic mass is 16.5. The Hall–Kier alpha value is -1.13. The van der Waals surface area contributed by atoms with Crippen LogP contribution in [0.4, 0.5) is 5.82 Å². The highest BCUT2D eigenvalue weighted by Crippen LogP contribution is 2.25. The monoisotopic (exact) mass is 235 g/mol. The molecule has 1 aliphatic rings. The van der Waals surface area contributed by atoms with Gasteiger partial charge >= 0.3 is 0 Å². The van der Waals surface area contributed by atoms with Crippen molar-refractivity contribution in [3.63, 3.8) is 0 Å². The number of nitrogens with one attached hydrogen (secondary N) is 1. The molecular formula is C13H21N3O. The lowest BCUT2D eigenvalue weighted by Crippen LogP contribution is -2.38. The van der Waals surface area contributed by atoms with Gasteiger partial charge in [0.15, 0.2) is 0 Å². The second-order valence-electron chi connectivity index (χ2n) is 4.56. The number of ether oxygens (including phenoxy) is 1. The lowest BCUT2D eigenvalue weighted by Gasteiger charge is -2.29. The van der Waals surface area contributed by atoms with Gasteiger partial charge in [-0.3, -0.25) is 0 Å². The molecule has 0 aromatic carbocycles. The van der Waals surface area contributed by atoms with E-state index in [1.54, 1.807) is 0 Å². The fourth-order valence-corrected chi connectivity index (χ4v) is 2.46. The molecule has 0 amide bonds. The zero-order valence-electron chi connectivity index (χ0n) is 10.8. The Balaban J connectivity index is 2.20. The van der Waals surface area contributed by atoms with Crippen LogP contribution in [-0.2, 0) is 11.3 Å². The lowest BCUT2D eigenvalue weighted by atomic mass is 10.1. The van der Waals surface area contributed by atoms with E-state index in [1.807, 2.05) is 19.3 Å². The number of likely N-dealkylation sites (N-methyl/N-ethyl adjacent to an activating group) is 1. The third-order valence-electron chi connectivity index (χ3n) is 3.40. The van der Waals surface area contributed by atoms with Crippen molar-refractivity contribution in [3.05, 3.63) is 23.9 Å². The quantitative estimate of drug-likeness (QED) is 0.856. The molecule has 1 N–H and O–H groups in total. The summed E-state index contributed by atoms with van der Waals surface area (Å²) in [5, 5.41) is 3.18. The third-order valence-corrected chi connectivity index (χ3v) is 3.40. The number of anilines is 1. The molecule has 0 bridgehead atoms. The van der Waals surface area contributed by atoms with Crippen molar-refractivity contribution in [1.29, 1.82) is 0 Å². The summed E-state index contributed by atoms with van der Waals surface area (Å²) >= 11 is 0. The molecule has 4 nitrogen and oxygen atoms in total. The summed E-state index contributed by atoms with van der Waals surface area (Å²) in [7, 11) is 4.06. The second kappa shape index (κ2) is 5.47. The van der Waals surface area contributed by atoms with Crippen LogP contribution in [-0.4, -0.2) is 37.8 Å². The Kier molecular flexibility index (Phi) is 3.97. The van der Waals surface area contributed by atoms with Gasteiger partial charge in [-0.2, -0.15) is 0 Å². The van der Waals surface area contributed by atoms with Gasteiger partial charge in [0.1, 0.15) is 5.82 Å². The molecule has 0 radical (unpaired) electrons.